The Morgan fingerprint density at radius 2 is 1.68 bits per heavy atom. The van der Waals surface area contributed by atoms with Crippen LogP contribution in [0.5, 0.6) is 0 Å². The van der Waals surface area contributed by atoms with E-state index in [0.717, 1.165) is 50.5 Å². The molecule has 0 saturated carbocycles. The first kappa shape index (κ1) is 23.8. The minimum absolute atomic E-state index is 0.0000759. The summed E-state index contributed by atoms with van der Waals surface area (Å²) in [4.78, 5) is 0. The molecule has 0 amide bonds. The summed E-state index contributed by atoms with van der Waals surface area (Å²) >= 11 is 0. The van der Waals surface area contributed by atoms with E-state index in [4.69, 9.17) is 9.47 Å². The Kier molecular flexibility index (Phi) is 8.97. The largest absolute Gasteiger partial charge is 0.376 e. The van der Waals surface area contributed by atoms with E-state index in [1.165, 1.54) is 18.2 Å². The molecule has 0 spiro atoms. The lowest BCUT2D eigenvalue weighted by Gasteiger charge is -2.29. The third-order valence-corrected chi connectivity index (χ3v) is 5.94. The highest BCUT2D eigenvalue weighted by atomic mass is 19.2. The average Bonchev–Trinajstić information content (AvgIpc) is 2.77. The van der Waals surface area contributed by atoms with Gasteiger partial charge in [-0.1, -0.05) is 57.4 Å². The number of aryl methyl sites for hydroxylation is 1. The molecule has 2 aromatic rings. The molecule has 2 unspecified atom stereocenters. The molecule has 1 saturated heterocycles. The lowest BCUT2D eigenvalue weighted by atomic mass is 9.95. The maximum atomic E-state index is 14.9. The predicted molar refractivity (Wildman–Crippen MR) is 118 cm³/mol. The van der Waals surface area contributed by atoms with Gasteiger partial charge < -0.3 is 9.47 Å². The molecule has 5 heteroatoms. The van der Waals surface area contributed by atoms with E-state index in [1.54, 1.807) is 12.1 Å². The summed E-state index contributed by atoms with van der Waals surface area (Å²) in [6.07, 6.45) is 6.79. The van der Waals surface area contributed by atoms with Gasteiger partial charge in [0.1, 0.15) is 5.82 Å². The van der Waals surface area contributed by atoms with Crippen LogP contribution in [0.15, 0.2) is 30.3 Å². The fourth-order valence-electron chi connectivity index (χ4n) is 4.03. The van der Waals surface area contributed by atoms with Gasteiger partial charge in [0, 0.05) is 23.3 Å². The number of halogens is 3. The minimum atomic E-state index is -1.03. The Hall–Kier alpha value is -1.85. The smallest absolute Gasteiger partial charge is 0.167 e. The van der Waals surface area contributed by atoms with Crippen molar-refractivity contribution in [1.82, 2.24) is 0 Å². The van der Waals surface area contributed by atoms with Crippen LogP contribution < -0.4 is 0 Å². The number of unbranched alkanes of at least 4 members (excludes halogenated alkanes) is 3. The van der Waals surface area contributed by atoms with Gasteiger partial charge in [0.15, 0.2) is 11.6 Å². The van der Waals surface area contributed by atoms with E-state index in [0.29, 0.717) is 19.6 Å². The van der Waals surface area contributed by atoms with Gasteiger partial charge in [-0.3, -0.25) is 0 Å². The van der Waals surface area contributed by atoms with Crippen LogP contribution in [0.25, 0.3) is 11.1 Å². The van der Waals surface area contributed by atoms with Crippen molar-refractivity contribution in [3.8, 4) is 11.1 Å². The molecule has 2 nitrogen and oxygen atoms in total. The molecule has 1 aliphatic rings. The van der Waals surface area contributed by atoms with E-state index < -0.39 is 23.6 Å². The van der Waals surface area contributed by atoms with Crippen LogP contribution in [0.2, 0.25) is 0 Å². The summed E-state index contributed by atoms with van der Waals surface area (Å²) < 4.78 is 56.0. The van der Waals surface area contributed by atoms with Gasteiger partial charge in [-0.25, -0.2) is 13.2 Å². The van der Waals surface area contributed by atoms with Crippen molar-refractivity contribution in [3.63, 3.8) is 0 Å². The van der Waals surface area contributed by atoms with E-state index in [2.05, 4.69) is 13.8 Å². The topological polar surface area (TPSA) is 18.5 Å². The van der Waals surface area contributed by atoms with E-state index in [1.807, 2.05) is 0 Å². The van der Waals surface area contributed by atoms with Crippen molar-refractivity contribution >= 4 is 0 Å². The fraction of sp³-hybridized carbons (Fsp3) is 0.538. The van der Waals surface area contributed by atoms with Crippen molar-refractivity contribution in [2.75, 3.05) is 13.2 Å². The first-order valence-electron chi connectivity index (χ1n) is 11.5. The monoisotopic (exact) mass is 434 g/mol. The van der Waals surface area contributed by atoms with Gasteiger partial charge in [-0.15, -0.1) is 0 Å². The maximum Gasteiger partial charge on any atom is 0.167 e. The SMILES string of the molecule is CCCCCc1ccc(-c2ccc(C3CCC(OCCCC)CO3)c(F)c2F)c(F)c1. The summed E-state index contributed by atoms with van der Waals surface area (Å²) in [5.41, 5.74) is 1.08. The van der Waals surface area contributed by atoms with Gasteiger partial charge in [0.25, 0.3) is 0 Å². The Labute approximate surface area is 183 Å². The molecule has 0 aromatic heterocycles. The highest BCUT2D eigenvalue weighted by molar-refractivity contribution is 5.66. The summed E-state index contributed by atoms with van der Waals surface area (Å²) in [6, 6.07) is 7.74. The van der Waals surface area contributed by atoms with E-state index >= 15 is 0 Å². The Morgan fingerprint density at radius 1 is 0.903 bits per heavy atom. The summed E-state index contributed by atoms with van der Waals surface area (Å²) in [7, 11) is 0. The number of hydrogen-bond donors (Lipinski definition) is 0. The molecule has 0 bridgehead atoms. The van der Waals surface area contributed by atoms with Crippen LogP contribution in [-0.4, -0.2) is 19.3 Å². The lowest BCUT2D eigenvalue weighted by Crippen LogP contribution is -2.28. The van der Waals surface area contributed by atoms with Crippen LogP contribution in [-0.2, 0) is 15.9 Å². The van der Waals surface area contributed by atoms with E-state index in [9.17, 15) is 13.2 Å². The molecule has 0 N–H and O–H groups in total. The van der Waals surface area contributed by atoms with Gasteiger partial charge >= 0.3 is 0 Å². The van der Waals surface area contributed by atoms with Crippen molar-refractivity contribution in [3.05, 3.63) is 58.9 Å². The first-order valence-corrected chi connectivity index (χ1v) is 11.5. The van der Waals surface area contributed by atoms with Gasteiger partial charge in [0.05, 0.1) is 18.8 Å². The number of rotatable bonds is 10. The number of ether oxygens (including phenoxy) is 2. The van der Waals surface area contributed by atoms with Crippen molar-refractivity contribution in [1.29, 1.82) is 0 Å². The van der Waals surface area contributed by atoms with Crippen LogP contribution in [0, 0.1) is 17.5 Å². The molecular formula is C26H33F3O2. The molecule has 2 atom stereocenters. The second-order valence-corrected chi connectivity index (χ2v) is 8.35. The zero-order valence-corrected chi connectivity index (χ0v) is 18.6. The summed E-state index contributed by atoms with van der Waals surface area (Å²) in [6.45, 7) is 5.27. The minimum Gasteiger partial charge on any atom is -0.376 e. The number of benzene rings is 2. The quantitative estimate of drug-likeness (QED) is 0.360. The van der Waals surface area contributed by atoms with Crippen molar-refractivity contribution in [2.45, 2.75) is 77.4 Å². The molecular weight excluding hydrogens is 401 g/mol. The first-order chi connectivity index (χ1) is 15.0. The summed E-state index contributed by atoms with van der Waals surface area (Å²) in [5.74, 6) is -2.51. The molecule has 1 aliphatic heterocycles. The molecule has 170 valence electrons. The molecule has 1 fully saturated rings. The molecule has 2 aromatic carbocycles. The van der Waals surface area contributed by atoms with Crippen molar-refractivity contribution < 1.29 is 22.6 Å². The fourth-order valence-corrected chi connectivity index (χ4v) is 4.03. The summed E-state index contributed by atoms with van der Waals surface area (Å²) in [5, 5.41) is 0. The van der Waals surface area contributed by atoms with Crippen LogP contribution >= 0.6 is 0 Å². The van der Waals surface area contributed by atoms with Crippen LogP contribution in [0.1, 0.15) is 76.0 Å². The zero-order valence-electron chi connectivity index (χ0n) is 18.6. The predicted octanol–water partition coefficient (Wildman–Crippen LogP) is 7.54. The van der Waals surface area contributed by atoms with E-state index in [-0.39, 0.29) is 22.8 Å². The highest BCUT2D eigenvalue weighted by Gasteiger charge is 2.28. The van der Waals surface area contributed by atoms with Crippen LogP contribution in [0.4, 0.5) is 13.2 Å². The second-order valence-electron chi connectivity index (χ2n) is 8.35. The lowest BCUT2D eigenvalue weighted by molar-refractivity contribution is -0.0881. The Balaban J connectivity index is 1.70. The van der Waals surface area contributed by atoms with Gasteiger partial charge in [-0.05, 0) is 43.7 Å². The van der Waals surface area contributed by atoms with Crippen molar-refractivity contribution in [2.24, 2.45) is 0 Å². The Morgan fingerprint density at radius 3 is 2.35 bits per heavy atom. The normalized spacial score (nSPS) is 19.0. The number of hydrogen-bond acceptors (Lipinski definition) is 2. The zero-order chi connectivity index (χ0) is 22.2. The molecule has 0 aliphatic carbocycles. The van der Waals surface area contributed by atoms with Crippen LogP contribution in [0.3, 0.4) is 0 Å². The Bertz CT molecular complexity index is 845. The van der Waals surface area contributed by atoms with Gasteiger partial charge in [-0.2, -0.15) is 0 Å². The molecule has 1 heterocycles. The average molecular weight is 435 g/mol. The highest BCUT2D eigenvalue weighted by Crippen LogP contribution is 2.35. The third-order valence-electron chi connectivity index (χ3n) is 5.94. The second kappa shape index (κ2) is 11.7. The maximum absolute atomic E-state index is 14.9. The molecule has 3 rings (SSSR count). The third kappa shape index (κ3) is 6.11. The molecule has 0 radical (unpaired) electrons. The standard InChI is InChI=1S/C26H33F3O2/c1-3-5-7-8-18-9-11-20(23(27)16-18)21-12-13-22(26(29)25(21)28)24-14-10-19(17-31-24)30-15-6-4-2/h9,11-13,16,19,24H,3-8,10,14-15,17H2,1-2H3. The molecule has 31 heavy (non-hydrogen) atoms. The van der Waals surface area contributed by atoms with Gasteiger partial charge in [0.2, 0.25) is 0 Å².